The fourth-order valence-corrected chi connectivity index (χ4v) is 2.67. The number of hydrogen-bond donors (Lipinski definition) is 2. The van der Waals surface area contributed by atoms with Crippen molar-refractivity contribution in [1.82, 2.24) is 0 Å². The number of nitrogens with two attached hydrogens (primary N) is 1. The van der Waals surface area contributed by atoms with Gasteiger partial charge in [-0.2, -0.15) is 0 Å². The first-order chi connectivity index (χ1) is 7.63. The van der Waals surface area contributed by atoms with Crippen molar-refractivity contribution in [3.8, 4) is 5.75 Å². The van der Waals surface area contributed by atoms with Gasteiger partial charge < -0.3 is 15.7 Å². The van der Waals surface area contributed by atoms with Gasteiger partial charge in [0.25, 0.3) is 0 Å². The summed E-state index contributed by atoms with van der Waals surface area (Å²) in [6.07, 6.45) is 2.01. The molecule has 0 saturated carbocycles. The number of anilines is 1. The van der Waals surface area contributed by atoms with E-state index >= 15 is 0 Å². The van der Waals surface area contributed by atoms with E-state index in [0.717, 1.165) is 12.8 Å². The van der Waals surface area contributed by atoms with E-state index in [1.165, 1.54) is 11.3 Å². The second-order valence-electron chi connectivity index (χ2n) is 4.75. The van der Waals surface area contributed by atoms with Gasteiger partial charge in [-0.05, 0) is 57.0 Å². The molecule has 16 heavy (non-hydrogen) atoms. The summed E-state index contributed by atoms with van der Waals surface area (Å²) in [4.78, 5) is 2.42. The molecule has 1 aliphatic heterocycles. The number of rotatable bonds is 3. The zero-order chi connectivity index (χ0) is 11.7. The lowest BCUT2D eigenvalue weighted by molar-refractivity contribution is 0.475. The Morgan fingerprint density at radius 3 is 2.88 bits per heavy atom. The molecule has 0 saturated heterocycles. The third kappa shape index (κ3) is 1.87. The lowest BCUT2D eigenvalue weighted by Gasteiger charge is -2.31. The minimum Gasteiger partial charge on any atom is -0.508 e. The molecule has 1 atom stereocenters. The van der Waals surface area contributed by atoms with Crippen LogP contribution in [0, 0.1) is 0 Å². The maximum absolute atomic E-state index is 9.49. The first kappa shape index (κ1) is 11.3. The van der Waals surface area contributed by atoms with E-state index in [4.69, 9.17) is 5.73 Å². The van der Waals surface area contributed by atoms with Crippen LogP contribution in [0.25, 0.3) is 0 Å². The predicted molar refractivity (Wildman–Crippen MR) is 66.9 cm³/mol. The maximum atomic E-state index is 9.49. The van der Waals surface area contributed by atoms with Crippen molar-refractivity contribution in [3.63, 3.8) is 0 Å². The summed E-state index contributed by atoms with van der Waals surface area (Å²) in [5, 5.41) is 9.49. The van der Waals surface area contributed by atoms with Gasteiger partial charge in [-0.25, -0.2) is 0 Å². The number of aromatic hydroxyl groups is 1. The van der Waals surface area contributed by atoms with Crippen LogP contribution in [-0.4, -0.2) is 23.7 Å². The van der Waals surface area contributed by atoms with Gasteiger partial charge in [-0.3, -0.25) is 0 Å². The Bertz CT molecular complexity index is 376. The van der Waals surface area contributed by atoms with E-state index in [9.17, 15) is 5.11 Å². The highest BCUT2D eigenvalue weighted by Gasteiger charge is 2.30. The molecule has 0 aliphatic carbocycles. The Kier molecular flexibility index (Phi) is 3.06. The number of phenols is 1. The molecule has 0 bridgehead atoms. The topological polar surface area (TPSA) is 49.5 Å². The van der Waals surface area contributed by atoms with Crippen LogP contribution in [0.4, 0.5) is 5.69 Å². The summed E-state index contributed by atoms with van der Waals surface area (Å²) < 4.78 is 0. The first-order valence-electron chi connectivity index (χ1n) is 5.93. The molecule has 3 nitrogen and oxygen atoms in total. The Labute approximate surface area is 96.9 Å². The van der Waals surface area contributed by atoms with Crippen molar-refractivity contribution < 1.29 is 5.11 Å². The number of benzene rings is 1. The van der Waals surface area contributed by atoms with Gasteiger partial charge in [0, 0.05) is 17.8 Å². The predicted octanol–water partition coefficient (Wildman–Crippen LogP) is 1.88. The highest BCUT2D eigenvalue weighted by molar-refractivity contribution is 5.62. The molecular weight excluding hydrogens is 200 g/mol. The molecule has 1 heterocycles. The van der Waals surface area contributed by atoms with Gasteiger partial charge in [0.2, 0.25) is 0 Å². The standard InChI is InChI=1S/C13H20N2O/c1-9(2)15-11(5-6-14)7-10-8-12(16)3-4-13(10)15/h3-4,8-9,11,16H,5-7,14H2,1-2H3. The summed E-state index contributed by atoms with van der Waals surface area (Å²) >= 11 is 0. The molecule has 1 unspecified atom stereocenters. The van der Waals surface area contributed by atoms with Crippen LogP contribution in [0.2, 0.25) is 0 Å². The summed E-state index contributed by atoms with van der Waals surface area (Å²) in [6, 6.07) is 6.62. The van der Waals surface area contributed by atoms with Crippen molar-refractivity contribution in [2.24, 2.45) is 5.73 Å². The minimum absolute atomic E-state index is 0.357. The number of fused-ring (bicyclic) bond motifs is 1. The SMILES string of the molecule is CC(C)N1c2ccc(O)cc2CC1CCN. The highest BCUT2D eigenvalue weighted by atomic mass is 16.3. The van der Waals surface area contributed by atoms with Crippen molar-refractivity contribution in [1.29, 1.82) is 0 Å². The van der Waals surface area contributed by atoms with Crippen molar-refractivity contribution in [2.45, 2.75) is 38.8 Å². The van der Waals surface area contributed by atoms with E-state index < -0.39 is 0 Å². The summed E-state index contributed by atoms with van der Waals surface area (Å²) in [5.74, 6) is 0.357. The third-order valence-corrected chi connectivity index (χ3v) is 3.25. The zero-order valence-corrected chi connectivity index (χ0v) is 9.98. The highest BCUT2D eigenvalue weighted by Crippen LogP contribution is 2.36. The van der Waals surface area contributed by atoms with Gasteiger partial charge in [0.05, 0.1) is 0 Å². The van der Waals surface area contributed by atoms with E-state index in [-0.39, 0.29) is 0 Å². The molecule has 0 aromatic heterocycles. The van der Waals surface area contributed by atoms with Gasteiger partial charge >= 0.3 is 0 Å². The largest absolute Gasteiger partial charge is 0.508 e. The van der Waals surface area contributed by atoms with E-state index in [1.807, 2.05) is 12.1 Å². The molecule has 1 aromatic carbocycles. The average molecular weight is 220 g/mol. The molecule has 3 heteroatoms. The lowest BCUT2D eigenvalue weighted by atomic mass is 10.1. The average Bonchev–Trinajstić information content (AvgIpc) is 2.55. The number of phenolic OH excluding ortho intramolecular Hbond substituents is 1. The van der Waals surface area contributed by atoms with Crippen LogP contribution in [0.3, 0.4) is 0 Å². The summed E-state index contributed by atoms with van der Waals surface area (Å²) in [6.45, 7) is 5.12. The van der Waals surface area contributed by atoms with E-state index in [2.05, 4.69) is 18.7 Å². The van der Waals surface area contributed by atoms with E-state index in [0.29, 0.717) is 24.4 Å². The van der Waals surface area contributed by atoms with Crippen LogP contribution >= 0.6 is 0 Å². The third-order valence-electron chi connectivity index (χ3n) is 3.25. The fraction of sp³-hybridized carbons (Fsp3) is 0.538. The van der Waals surface area contributed by atoms with Gasteiger partial charge in [0.15, 0.2) is 0 Å². The van der Waals surface area contributed by atoms with Crippen molar-refractivity contribution in [3.05, 3.63) is 23.8 Å². The first-order valence-corrected chi connectivity index (χ1v) is 5.93. The molecule has 1 aromatic rings. The monoisotopic (exact) mass is 220 g/mol. The van der Waals surface area contributed by atoms with Gasteiger partial charge in [-0.15, -0.1) is 0 Å². The quantitative estimate of drug-likeness (QED) is 0.817. The Morgan fingerprint density at radius 1 is 1.50 bits per heavy atom. The smallest absolute Gasteiger partial charge is 0.116 e. The minimum atomic E-state index is 0.357. The zero-order valence-electron chi connectivity index (χ0n) is 9.98. The molecule has 2 rings (SSSR count). The van der Waals surface area contributed by atoms with Crippen LogP contribution < -0.4 is 10.6 Å². The molecule has 3 N–H and O–H groups in total. The normalized spacial score (nSPS) is 19.2. The molecule has 0 fully saturated rings. The van der Waals surface area contributed by atoms with Crippen LogP contribution in [0.5, 0.6) is 5.75 Å². The van der Waals surface area contributed by atoms with E-state index in [1.54, 1.807) is 6.07 Å². The van der Waals surface area contributed by atoms with Crippen molar-refractivity contribution in [2.75, 3.05) is 11.4 Å². The van der Waals surface area contributed by atoms with Gasteiger partial charge in [-0.1, -0.05) is 0 Å². The Balaban J connectivity index is 2.33. The molecule has 0 amide bonds. The Morgan fingerprint density at radius 2 is 2.25 bits per heavy atom. The number of hydrogen-bond acceptors (Lipinski definition) is 3. The summed E-state index contributed by atoms with van der Waals surface area (Å²) in [7, 11) is 0. The molecular formula is C13H20N2O. The van der Waals surface area contributed by atoms with Crippen LogP contribution in [-0.2, 0) is 6.42 Å². The maximum Gasteiger partial charge on any atom is 0.116 e. The lowest BCUT2D eigenvalue weighted by Crippen LogP contribution is -2.38. The molecule has 88 valence electrons. The molecule has 0 radical (unpaired) electrons. The number of nitrogens with zero attached hydrogens (tertiary/aromatic N) is 1. The second-order valence-corrected chi connectivity index (χ2v) is 4.75. The Hall–Kier alpha value is -1.22. The summed E-state index contributed by atoms with van der Waals surface area (Å²) in [5.41, 5.74) is 8.16. The fourth-order valence-electron chi connectivity index (χ4n) is 2.67. The van der Waals surface area contributed by atoms with Crippen LogP contribution in [0.15, 0.2) is 18.2 Å². The van der Waals surface area contributed by atoms with Crippen LogP contribution in [0.1, 0.15) is 25.8 Å². The van der Waals surface area contributed by atoms with Gasteiger partial charge in [0.1, 0.15) is 5.75 Å². The molecule has 0 spiro atoms. The van der Waals surface area contributed by atoms with Crippen molar-refractivity contribution >= 4 is 5.69 Å². The molecule has 1 aliphatic rings. The second kappa shape index (κ2) is 4.34.